The van der Waals surface area contributed by atoms with E-state index in [0.717, 1.165) is 65.9 Å². The molecule has 1 fully saturated rings. The van der Waals surface area contributed by atoms with Crippen molar-refractivity contribution < 1.29 is 9.50 Å². The number of nitrogens with one attached hydrogen (secondary N) is 1. The van der Waals surface area contributed by atoms with Crippen molar-refractivity contribution in [2.24, 2.45) is 11.8 Å². The van der Waals surface area contributed by atoms with E-state index < -0.39 is 6.10 Å². The maximum atomic E-state index is 12.8. The van der Waals surface area contributed by atoms with Crippen LogP contribution in [0.3, 0.4) is 0 Å². The molecule has 1 atom stereocenters. The van der Waals surface area contributed by atoms with Crippen molar-refractivity contribution in [2.75, 3.05) is 32.1 Å². The molecule has 1 heterocycles. The Bertz CT molecular complexity index is 1050. The van der Waals surface area contributed by atoms with E-state index in [-0.39, 0.29) is 5.82 Å². The molecule has 6 heteroatoms. The maximum Gasteiger partial charge on any atom is 0.139 e. The van der Waals surface area contributed by atoms with Crippen LogP contribution in [-0.4, -0.2) is 42.3 Å². The number of rotatable bonds is 8. The largest absolute Gasteiger partial charge is 0.388 e. The number of anilines is 1. The molecule has 2 N–H and O–H groups in total. The molecule has 3 aromatic rings. The molecule has 0 radical (unpaired) electrons. The lowest BCUT2D eigenvalue weighted by Gasteiger charge is -2.26. The van der Waals surface area contributed by atoms with Crippen LogP contribution in [0.15, 0.2) is 61.7 Å². The third-order valence-electron chi connectivity index (χ3n) is 6.77. The fourth-order valence-electron chi connectivity index (χ4n) is 4.63. The monoisotopic (exact) mass is 508 g/mol. The SMILES string of the molecule is C=C.CC1CCC(CNCCCC(O)c2ccc(F)cc2)CC1.Cc1nc(N(C)C)c2ccccc2n1. The normalized spacial score (nSPS) is 17.7. The molecular formula is C31H45FN4O. The summed E-state index contributed by atoms with van der Waals surface area (Å²) in [6.45, 7) is 12.3. The molecule has 5 nitrogen and oxygen atoms in total. The Labute approximate surface area is 222 Å². The van der Waals surface area contributed by atoms with Crippen molar-refractivity contribution in [1.29, 1.82) is 0 Å². The highest BCUT2D eigenvalue weighted by Crippen LogP contribution is 2.27. The molecule has 0 amide bonds. The molecule has 2 aromatic carbocycles. The van der Waals surface area contributed by atoms with Gasteiger partial charge in [-0.3, -0.25) is 0 Å². The molecule has 1 aliphatic rings. The fourth-order valence-corrected chi connectivity index (χ4v) is 4.63. The van der Waals surface area contributed by atoms with E-state index in [1.54, 1.807) is 12.1 Å². The summed E-state index contributed by atoms with van der Waals surface area (Å²) in [6, 6.07) is 14.2. The molecule has 4 rings (SSSR count). The van der Waals surface area contributed by atoms with Gasteiger partial charge in [-0.05, 0) is 87.4 Å². The van der Waals surface area contributed by atoms with Gasteiger partial charge in [-0.15, -0.1) is 13.2 Å². The van der Waals surface area contributed by atoms with Crippen molar-refractivity contribution >= 4 is 16.7 Å². The molecule has 0 bridgehead atoms. The second-order valence-electron chi connectivity index (χ2n) is 10.0. The third-order valence-corrected chi connectivity index (χ3v) is 6.77. The van der Waals surface area contributed by atoms with Crippen molar-refractivity contribution in [3.63, 3.8) is 0 Å². The summed E-state index contributed by atoms with van der Waals surface area (Å²) in [7, 11) is 3.99. The number of benzene rings is 2. The second-order valence-corrected chi connectivity index (χ2v) is 10.0. The van der Waals surface area contributed by atoms with Gasteiger partial charge in [-0.1, -0.05) is 44.0 Å². The van der Waals surface area contributed by atoms with E-state index in [0.29, 0.717) is 0 Å². The van der Waals surface area contributed by atoms with Crippen LogP contribution in [0.2, 0.25) is 0 Å². The quantitative estimate of drug-likeness (QED) is 0.257. The molecule has 1 aliphatic carbocycles. The number of nitrogens with zero attached hydrogens (tertiary/aromatic N) is 3. The van der Waals surface area contributed by atoms with Crippen LogP contribution in [-0.2, 0) is 0 Å². The fraction of sp³-hybridized carbons (Fsp3) is 0.484. The van der Waals surface area contributed by atoms with Crippen molar-refractivity contribution in [3.8, 4) is 0 Å². The van der Waals surface area contributed by atoms with Crippen LogP contribution in [0.1, 0.15) is 62.9 Å². The number of aromatic nitrogens is 2. The number of para-hydroxylation sites is 1. The predicted octanol–water partition coefficient (Wildman–Crippen LogP) is 6.86. The Balaban J connectivity index is 0.000000260. The summed E-state index contributed by atoms with van der Waals surface area (Å²) in [4.78, 5) is 10.8. The van der Waals surface area contributed by atoms with Crippen molar-refractivity contribution in [2.45, 2.75) is 58.5 Å². The Morgan fingerprint density at radius 3 is 2.32 bits per heavy atom. The molecule has 1 aromatic heterocycles. The highest BCUT2D eigenvalue weighted by Gasteiger charge is 2.17. The van der Waals surface area contributed by atoms with Gasteiger partial charge in [0.1, 0.15) is 17.5 Å². The van der Waals surface area contributed by atoms with Gasteiger partial charge >= 0.3 is 0 Å². The Morgan fingerprint density at radius 2 is 1.68 bits per heavy atom. The molecule has 202 valence electrons. The Hall–Kier alpha value is -2.83. The molecule has 1 unspecified atom stereocenters. The highest BCUT2D eigenvalue weighted by atomic mass is 19.1. The van der Waals surface area contributed by atoms with Gasteiger partial charge < -0.3 is 15.3 Å². The zero-order chi connectivity index (χ0) is 27.2. The first kappa shape index (κ1) is 30.4. The van der Waals surface area contributed by atoms with Crippen LogP contribution >= 0.6 is 0 Å². The molecule has 0 spiro atoms. The molecule has 37 heavy (non-hydrogen) atoms. The summed E-state index contributed by atoms with van der Waals surface area (Å²) >= 11 is 0. The Morgan fingerprint density at radius 1 is 1.03 bits per heavy atom. The standard InChI is InChI=1S/C18H28FNO.C11H13N3.C2H4/c1-14-4-6-15(7-5-14)13-20-12-2-3-18(21)16-8-10-17(19)11-9-16;1-8-12-10-7-5-4-6-9(10)11(13-8)14(2)3;1-2/h8-11,14-15,18,20-21H,2-7,12-13H2,1H3;4-7H,1-3H3;1-2H2. The van der Waals surface area contributed by atoms with Crippen LogP contribution in [0, 0.1) is 24.6 Å². The topological polar surface area (TPSA) is 61.3 Å². The van der Waals surface area contributed by atoms with Crippen LogP contribution < -0.4 is 10.2 Å². The van der Waals surface area contributed by atoms with Gasteiger partial charge in [0.2, 0.25) is 0 Å². The summed E-state index contributed by atoms with van der Waals surface area (Å²) in [5.74, 6) is 3.28. The average Bonchev–Trinajstić information content (AvgIpc) is 2.91. The van der Waals surface area contributed by atoms with Gasteiger partial charge in [0.25, 0.3) is 0 Å². The van der Waals surface area contributed by atoms with E-state index >= 15 is 0 Å². The minimum absolute atomic E-state index is 0.255. The first-order valence-electron chi connectivity index (χ1n) is 13.4. The highest BCUT2D eigenvalue weighted by molar-refractivity contribution is 5.89. The zero-order valence-electron chi connectivity index (χ0n) is 23.1. The average molecular weight is 509 g/mol. The lowest BCUT2D eigenvalue weighted by molar-refractivity contribution is 0.164. The number of hydrogen-bond donors (Lipinski definition) is 2. The summed E-state index contributed by atoms with van der Waals surface area (Å²) < 4.78 is 12.8. The number of halogens is 1. The predicted molar refractivity (Wildman–Crippen MR) is 154 cm³/mol. The molecule has 0 aliphatic heterocycles. The lowest BCUT2D eigenvalue weighted by atomic mass is 9.83. The van der Waals surface area contributed by atoms with E-state index in [1.165, 1.54) is 37.8 Å². The first-order valence-corrected chi connectivity index (χ1v) is 13.4. The minimum atomic E-state index is -0.483. The van der Waals surface area contributed by atoms with Gasteiger partial charge in [0.05, 0.1) is 11.6 Å². The smallest absolute Gasteiger partial charge is 0.139 e. The Kier molecular flexibility index (Phi) is 13.2. The van der Waals surface area contributed by atoms with E-state index in [4.69, 9.17) is 0 Å². The van der Waals surface area contributed by atoms with Crippen molar-refractivity contribution in [3.05, 3.63) is 78.9 Å². The lowest BCUT2D eigenvalue weighted by Crippen LogP contribution is -2.27. The third kappa shape index (κ3) is 10.2. The molecular weight excluding hydrogens is 463 g/mol. The van der Waals surface area contributed by atoms with Crippen LogP contribution in [0.4, 0.5) is 10.2 Å². The second kappa shape index (κ2) is 16.1. The number of aliphatic hydroxyl groups excluding tert-OH is 1. The van der Waals surface area contributed by atoms with Gasteiger partial charge in [0, 0.05) is 19.5 Å². The van der Waals surface area contributed by atoms with Gasteiger partial charge in [-0.25, -0.2) is 14.4 Å². The summed E-state index contributed by atoms with van der Waals surface area (Å²) in [5.41, 5.74) is 1.81. The minimum Gasteiger partial charge on any atom is -0.388 e. The van der Waals surface area contributed by atoms with Crippen molar-refractivity contribution in [1.82, 2.24) is 15.3 Å². The van der Waals surface area contributed by atoms with Crippen LogP contribution in [0.25, 0.3) is 10.9 Å². The van der Waals surface area contributed by atoms with Crippen LogP contribution in [0.5, 0.6) is 0 Å². The first-order chi connectivity index (χ1) is 17.8. The van der Waals surface area contributed by atoms with Gasteiger partial charge in [0.15, 0.2) is 0 Å². The number of fused-ring (bicyclic) bond motifs is 1. The van der Waals surface area contributed by atoms with E-state index in [9.17, 15) is 9.50 Å². The number of aryl methyl sites for hydroxylation is 1. The van der Waals surface area contributed by atoms with E-state index in [2.05, 4.69) is 35.4 Å². The van der Waals surface area contributed by atoms with E-state index in [1.807, 2.05) is 50.2 Å². The molecule has 0 saturated heterocycles. The summed E-state index contributed by atoms with van der Waals surface area (Å²) in [6.07, 6.45) is 6.63. The van der Waals surface area contributed by atoms with Gasteiger partial charge in [-0.2, -0.15) is 0 Å². The summed E-state index contributed by atoms with van der Waals surface area (Å²) in [5, 5.41) is 14.7. The number of hydrogen-bond acceptors (Lipinski definition) is 5. The zero-order valence-corrected chi connectivity index (χ0v) is 23.1. The number of aliphatic hydroxyl groups is 1. The maximum absolute atomic E-state index is 12.8. The molecule has 1 saturated carbocycles.